The van der Waals surface area contributed by atoms with Gasteiger partial charge < -0.3 is 19.1 Å². The second kappa shape index (κ2) is 14.5. The molecule has 0 aliphatic heterocycles. The Kier molecular flexibility index (Phi) is 10.4. The van der Waals surface area contributed by atoms with Crippen LogP contribution in [-0.2, 0) is 35.2 Å². The van der Waals surface area contributed by atoms with Crippen LogP contribution >= 0.6 is 0 Å². The maximum Gasteiger partial charge on any atom is 0.309 e. The molecule has 2 aromatic carbocycles. The largest absolute Gasteiger partial charge is 0.487 e. The van der Waals surface area contributed by atoms with Crippen molar-refractivity contribution in [3.63, 3.8) is 0 Å². The van der Waals surface area contributed by atoms with Crippen LogP contribution in [0.5, 0.6) is 11.6 Å². The molecule has 3 heterocycles. The van der Waals surface area contributed by atoms with Crippen LogP contribution in [0.15, 0.2) is 84.0 Å². The number of pyridine rings is 2. The van der Waals surface area contributed by atoms with Gasteiger partial charge in [-0.2, -0.15) is 0 Å². The third-order valence-electron chi connectivity index (χ3n) is 8.01. The normalized spacial score (nSPS) is 12.4. The van der Waals surface area contributed by atoms with Gasteiger partial charge in [-0.05, 0) is 80.6 Å². The van der Waals surface area contributed by atoms with E-state index in [0.29, 0.717) is 42.0 Å². The lowest BCUT2D eigenvalue weighted by molar-refractivity contribution is -0.146. The van der Waals surface area contributed by atoms with E-state index in [9.17, 15) is 14.1 Å². The fraction of sp³-hybridized carbons (Fsp3) is 0.342. The molecule has 0 saturated carbocycles. The third-order valence-corrected chi connectivity index (χ3v) is 9.89. The summed E-state index contributed by atoms with van der Waals surface area (Å²) in [7, 11) is -1.37. The Bertz CT molecular complexity index is 1860. The number of aromatic nitrogens is 3. The van der Waals surface area contributed by atoms with Crippen LogP contribution in [-0.4, -0.2) is 42.2 Å². The van der Waals surface area contributed by atoms with Gasteiger partial charge in [-0.25, -0.2) is 4.98 Å². The molecule has 0 aliphatic rings. The highest BCUT2D eigenvalue weighted by atomic mass is 32.2. The van der Waals surface area contributed by atoms with Gasteiger partial charge in [-0.3, -0.25) is 14.0 Å². The zero-order chi connectivity index (χ0) is 33.7. The topological polar surface area (TPSA) is 104 Å². The number of aliphatic carboxylic acids is 1. The number of hydrogen-bond donors (Lipinski definition) is 1. The van der Waals surface area contributed by atoms with Crippen LogP contribution in [0.3, 0.4) is 0 Å². The number of carboxylic acid groups (broad SMARTS) is 1. The SMILES string of the molecule is CCOc1ccc(-c2ccc(Cn3c(CC(C)(C)C(=O)O)c(S(=O)CC(C)C)c4cc(OCc5ccc(C)cn5)ccc43)cc2)cn1. The molecule has 246 valence electrons. The molecule has 5 aromatic rings. The molecule has 3 aromatic heterocycles. The molecule has 8 nitrogen and oxygen atoms in total. The van der Waals surface area contributed by atoms with Gasteiger partial charge in [-0.1, -0.05) is 44.2 Å². The minimum Gasteiger partial charge on any atom is -0.487 e. The molecule has 0 radical (unpaired) electrons. The molecule has 47 heavy (non-hydrogen) atoms. The molecule has 0 saturated heterocycles. The van der Waals surface area contributed by atoms with Gasteiger partial charge in [0.05, 0.1) is 38.9 Å². The Morgan fingerprint density at radius 1 is 0.957 bits per heavy atom. The summed E-state index contributed by atoms with van der Waals surface area (Å²) >= 11 is 0. The van der Waals surface area contributed by atoms with E-state index in [4.69, 9.17) is 9.47 Å². The van der Waals surface area contributed by atoms with Crippen molar-refractivity contribution in [3.05, 3.63) is 102 Å². The highest BCUT2D eigenvalue weighted by molar-refractivity contribution is 7.85. The quantitative estimate of drug-likeness (QED) is 0.130. The van der Waals surface area contributed by atoms with E-state index in [0.717, 1.165) is 44.5 Å². The molecule has 0 aliphatic carbocycles. The predicted octanol–water partition coefficient (Wildman–Crippen LogP) is 7.85. The summed E-state index contributed by atoms with van der Waals surface area (Å²) < 4.78 is 27.9. The van der Waals surface area contributed by atoms with Crippen molar-refractivity contribution in [2.45, 2.75) is 66.0 Å². The van der Waals surface area contributed by atoms with Gasteiger partial charge in [0.15, 0.2) is 0 Å². The zero-order valence-electron chi connectivity index (χ0n) is 27.9. The molecule has 9 heteroatoms. The standard InChI is InChI=1S/C38H43N3O5S/c1-7-45-35-17-13-29(21-40-35)28-11-9-27(10-12-28)22-41-33-16-15-31(46-23-30-14-8-26(4)20-39-30)18-32(33)36(47(44)24-25(2)3)34(41)19-38(5,6)37(42)43/h8-18,20-21,25H,7,19,22-24H2,1-6H3,(H,42,43). The number of ether oxygens (including phenoxy) is 2. The summed E-state index contributed by atoms with van der Waals surface area (Å²) in [6.07, 6.45) is 3.83. The van der Waals surface area contributed by atoms with Crippen LogP contribution < -0.4 is 9.47 Å². The van der Waals surface area contributed by atoms with Crippen molar-refractivity contribution in [3.8, 4) is 22.8 Å². The van der Waals surface area contributed by atoms with Crippen molar-refractivity contribution < 1.29 is 23.6 Å². The first kappa shape index (κ1) is 33.9. The number of carboxylic acids is 1. The number of rotatable bonds is 14. The number of nitrogens with zero attached hydrogens (tertiary/aromatic N) is 3. The molecule has 0 spiro atoms. The first-order chi connectivity index (χ1) is 22.4. The second-order valence-corrected chi connectivity index (χ2v) is 14.4. The maximum atomic E-state index is 14.1. The zero-order valence-corrected chi connectivity index (χ0v) is 28.8. The van der Waals surface area contributed by atoms with E-state index < -0.39 is 22.2 Å². The van der Waals surface area contributed by atoms with Crippen LogP contribution in [0, 0.1) is 18.3 Å². The molecule has 0 amide bonds. The monoisotopic (exact) mass is 653 g/mol. The lowest BCUT2D eigenvalue weighted by Gasteiger charge is -2.22. The molecular weight excluding hydrogens is 611 g/mol. The maximum absolute atomic E-state index is 14.1. The molecule has 1 atom stereocenters. The van der Waals surface area contributed by atoms with Crippen LogP contribution in [0.4, 0.5) is 0 Å². The van der Waals surface area contributed by atoms with E-state index in [1.165, 1.54) is 0 Å². The smallest absolute Gasteiger partial charge is 0.309 e. The highest BCUT2D eigenvalue weighted by Gasteiger charge is 2.33. The molecule has 5 rings (SSSR count). The van der Waals surface area contributed by atoms with Gasteiger partial charge >= 0.3 is 5.97 Å². The van der Waals surface area contributed by atoms with Crippen LogP contribution in [0.2, 0.25) is 0 Å². The Labute approximate surface area is 279 Å². The van der Waals surface area contributed by atoms with Gasteiger partial charge in [0.1, 0.15) is 12.4 Å². The average molecular weight is 654 g/mol. The Morgan fingerprint density at radius 3 is 2.32 bits per heavy atom. The second-order valence-electron chi connectivity index (χ2n) is 12.9. The Hall–Kier alpha value is -4.50. The van der Waals surface area contributed by atoms with Crippen LogP contribution in [0.1, 0.15) is 57.1 Å². The fourth-order valence-electron chi connectivity index (χ4n) is 5.45. The first-order valence-electron chi connectivity index (χ1n) is 15.9. The highest BCUT2D eigenvalue weighted by Crippen LogP contribution is 2.37. The minimum atomic E-state index is -1.37. The average Bonchev–Trinajstić information content (AvgIpc) is 3.32. The number of benzene rings is 2. The summed E-state index contributed by atoms with van der Waals surface area (Å²) in [6, 6.07) is 21.9. The molecule has 1 unspecified atom stereocenters. The van der Waals surface area contributed by atoms with Crippen molar-refractivity contribution >= 4 is 27.7 Å². The molecule has 0 bridgehead atoms. The van der Waals surface area contributed by atoms with Crippen LogP contribution in [0.25, 0.3) is 22.0 Å². The van der Waals surface area contributed by atoms with Gasteiger partial charge in [-0.15, -0.1) is 0 Å². The van der Waals surface area contributed by atoms with Crippen molar-refractivity contribution in [1.82, 2.24) is 14.5 Å². The summed E-state index contributed by atoms with van der Waals surface area (Å²) in [5.41, 5.74) is 5.50. The fourth-order valence-corrected chi connectivity index (χ4v) is 7.07. The summed E-state index contributed by atoms with van der Waals surface area (Å²) in [4.78, 5) is 21.9. The molecular formula is C38H43N3O5S. The minimum absolute atomic E-state index is 0.186. The molecule has 0 fully saturated rings. The Balaban J connectivity index is 1.56. The lowest BCUT2D eigenvalue weighted by atomic mass is 9.88. The number of aryl methyl sites for hydroxylation is 1. The van der Waals surface area contributed by atoms with E-state index in [1.807, 2.05) is 76.4 Å². The number of hydrogen-bond acceptors (Lipinski definition) is 6. The van der Waals surface area contributed by atoms with E-state index in [-0.39, 0.29) is 12.3 Å². The third kappa shape index (κ3) is 8.08. The summed E-state index contributed by atoms with van der Waals surface area (Å²) in [5, 5.41) is 10.9. The first-order valence-corrected chi connectivity index (χ1v) is 17.3. The van der Waals surface area contributed by atoms with Crippen molar-refractivity contribution in [1.29, 1.82) is 0 Å². The predicted molar refractivity (Wildman–Crippen MR) is 186 cm³/mol. The van der Waals surface area contributed by atoms with Crippen molar-refractivity contribution in [2.75, 3.05) is 12.4 Å². The van der Waals surface area contributed by atoms with Gasteiger partial charge in [0, 0.05) is 53.8 Å². The number of carbonyl (C=O) groups is 1. The van der Waals surface area contributed by atoms with E-state index in [1.54, 1.807) is 20.0 Å². The summed E-state index contributed by atoms with van der Waals surface area (Å²) in [6.45, 7) is 12.8. The summed E-state index contributed by atoms with van der Waals surface area (Å²) in [5.74, 6) is 0.972. The van der Waals surface area contributed by atoms with Gasteiger partial charge in [0.25, 0.3) is 0 Å². The van der Waals surface area contributed by atoms with E-state index in [2.05, 4.69) is 38.8 Å². The molecule has 1 N–H and O–H groups in total. The lowest BCUT2D eigenvalue weighted by Crippen LogP contribution is -2.28. The van der Waals surface area contributed by atoms with E-state index >= 15 is 0 Å². The number of fused-ring (bicyclic) bond motifs is 1. The van der Waals surface area contributed by atoms with Crippen molar-refractivity contribution in [2.24, 2.45) is 11.3 Å². The van der Waals surface area contributed by atoms with Gasteiger partial charge in [0.2, 0.25) is 5.88 Å². The Morgan fingerprint density at radius 2 is 1.70 bits per heavy atom.